The quantitative estimate of drug-likeness (QED) is 0.833. The number of nitrogens with zero attached hydrogens (tertiary/aromatic N) is 1. The van der Waals surface area contributed by atoms with Crippen molar-refractivity contribution in [1.82, 2.24) is 4.90 Å². The van der Waals surface area contributed by atoms with E-state index in [0.717, 1.165) is 30.2 Å². The molecule has 130 valence electrons. The molecule has 1 fully saturated rings. The van der Waals surface area contributed by atoms with E-state index in [4.69, 9.17) is 0 Å². The maximum atomic E-state index is 13.0. The minimum Gasteiger partial charge on any atom is -0.324 e. The molecule has 1 atom stereocenters. The zero-order valence-corrected chi connectivity index (χ0v) is 15.1. The first-order valence-electron chi connectivity index (χ1n) is 8.44. The fourth-order valence-electron chi connectivity index (χ4n) is 3.03. The average molecular weight is 354 g/mol. The predicted octanol–water partition coefficient (Wildman–Crippen LogP) is 3.62. The van der Waals surface area contributed by atoms with Gasteiger partial charge in [0, 0.05) is 35.8 Å². The second kappa shape index (κ2) is 8.32. The second-order valence-corrected chi connectivity index (χ2v) is 7.31. The summed E-state index contributed by atoms with van der Waals surface area (Å²) in [4.78, 5) is 26.8. The number of carbonyl (C=O) groups excluding carboxylic acids is 2. The van der Waals surface area contributed by atoms with Gasteiger partial charge in [0.1, 0.15) is 6.04 Å². The highest BCUT2D eigenvalue weighted by atomic mass is 32.2. The number of Topliss-reactive ketones (excluding diaryl/α,β-unsaturated/α-hetero) is 1. The standard InChI is InChI=1S/C20H22N2O2S/c1-15(23)17-8-5-9-18(14-17)21-20(24)19(16-6-3-2-4-7-16)22-10-12-25-13-11-22/h2-9,14,19H,10-13H2,1H3,(H,21,24)/t19-/m0/s1. The molecule has 5 heteroatoms. The number of nitrogens with one attached hydrogen (secondary N) is 1. The summed E-state index contributed by atoms with van der Waals surface area (Å²) in [5, 5.41) is 2.99. The van der Waals surface area contributed by atoms with Gasteiger partial charge in [-0.2, -0.15) is 11.8 Å². The Morgan fingerprint density at radius 1 is 1.04 bits per heavy atom. The molecule has 1 heterocycles. The number of ketones is 1. The zero-order chi connectivity index (χ0) is 17.6. The second-order valence-electron chi connectivity index (χ2n) is 6.09. The molecule has 0 aromatic heterocycles. The SMILES string of the molecule is CC(=O)c1cccc(NC(=O)[C@H](c2ccccc2)N2CCSCC2)c1. The molecule has 2 aromatic rings. The Hall–Kier alpha value is -2.11. The largest absolute Gasteiger partial charge is 0.324 e. The van der Waals surface area contributed by atoms with Gasteiger partial charge in [-0.1, -0.05) is 42.5 Å². The number of anilines is 1. The topological polar surface area (TPSA) is 49.4 Å². The van der Waals surface area contributed by atoms with E-state index >= 15 is 0 Å². The Morgan fingerprint density at radius 3 is 2.44 bits per heavy atom. The van der Waals surface area contributed by atoms with Crippen LogP contribution in [0.1, 0.15) is 28.9 Å². The van der Waals surface area contributed by atoms with E-state index in [-0.39, 0.29) is 17.7 Å². The van der Waals surface area contributed by atoms with Gasteiger partial charge in [0.25, 0.3) is 0 Å². The lowest BCUT2D eigenvalue weighted by atomic mass is 10.0. The number of hydrogen-bond acceptors (Lipinski definition) is 4. The molecule has 0 aliphatic carbocycles. The third kappa shape index (κ3) is 4.50. The van der Waals surface area contributed by atoms with Crippen molar-refractivity contribution in [3.05, 3.63) is 65.7 Å². The van der Waals surface area contributed by atoms with Gasteiger partial charge in [-0.25, -0.2) is 0 Å². The predicted molar refractivity (Wildman–Crippen MR) is 103 cm³/mol. The van der Waals surface area contributed by atoms with Crippen molar-refractivity contribution < 1.29 is 9.59 Å². The summed E-state index contributed by atoms with van der Waals surface area (Å²) in [7, 11) is 0. The third-order valence-corrected chi connectivity index (χ3v) is 5.25. The van der Waals surface area contributed by atoms with Gasteiger partial charge in [0.15, 0.2) is 5.78 Å². The number of rotatable bonds is 5. The minimum atomic E-state index is -0.317. The highest BCUT2D eigenvalue weighted by Gasteiger charge is 2.28. The lowest BCUT2D eigenvalue weighted by molar-refractivity contribution is -0.121. The number of carbonyl (C=O) groups is 2. The van der Waals surface area contributed by atoms with Crippen LogP contribution in [0.25, 0.3) is 0 Å². The van der Waals surface area contributed by atoms with E-state index in [2.05, 4.69) is 10.2 Å². The lowest BCUT2D eigenvalue weighted by Gasteiger charge is -2.33. The Kier molecular flexibility index (Phi) is 5.89. The van der Waals surface area contributed by atoms with Crippen LogP contribution in [0.5, 0.6) is 0 Å². The summed E-state index contributed by atoms with van der Waals surface area (Å²) < 4.78 is 0. The minimum absolute atomic E-state index is 0.0104. The molecule has 1 saturated heterocycles. The smallest absolute Gasteiger partial charge is 0.246 e. The lowest BCUT2D eigenvalue weighted by Crippen LogP contribution is -2.41. The molecule has 0 spiro atoms. The van der Waals surface area contributed by atoms with Crippen molar-refractivity contribution >= 4 is 29.1 Å². The Balaban J connectivity index is 1.84. The summed E-state index contributed by atoms with van der Waals surface area (Å²) in [5.74, 6) is 2.01. The summed E-state index contributed by atoms with van der Waals surface area (Å²) in [5.41, 5.74) is 2.25. The van der Waals surface area contributed by atoms with Crippen LogP contribution in [0.4, 0.5) is 5.69 Å². The summed E-state index contributed by atoms with van der Waals surface area (Å²) in [6.45, 7) is 3.31. The molecule has 2 aromatic carbocycles. The number of amides is 1. The van der Waals surface area contributed by atoms with Gasteiger partial charge in [-0.05, 0) is 24.6 Å². The van der Waals surface area contributed by atoms with E-state index in [0.29, 0.717) is 11.3 Å². The molecular weight excluding hydrogens is 332 g/mol. The van der Waals surface area contributed by atoms with Crippen LogP contribution in [0.3, 0.4) is 0 Å². The van der Waals surface area contributed by atoms with Gasteiger partial charge >= 0.3 is 0 Å². The molecular formula is C20H22N2O2S. The normalized spacial score (nSPS) is 16.2. The molecule has 0 unspecified atom stereocenters. The first-order chi connectivity index (χ1) is 12.1. The molecule has 0 radical (unpaired) electrons. The van der Waals surface area contributed by atoms with Crippen LogP contribution in [-0.4, -0.2) is 41.2 Å². The Bertz CT molecular complexity index is 742. The van der Waals surface area contributed by atoms with Crippen molar-refractivity contribution in [2.24, 2.45) is 0 Å². The fraction of sp³-hybridized carbons (Fsp3) is 0.300. The third-order valence-electron chi connectivity index (χ3n) is 4.31. The van der Waals surface area contributed by atoms with E-state index in [1.165, 1.54) is 6.92 Å². The van der Waals surface area contributed by atoms with Crippen molar-refractivity contribution in [2.75, 3.05) is 29.9 Å². The summed E-state index contributed by atoms with van der Waals surface area (Å²) >= 11 is 1.92. The molecule has 3 rings (SSSR count). The Labute approximate surface area is 152 Å². The first-order valence-corrected chi connectivity index (χ1v) is 9.59. The van der Waals surface area contributed by atoms with Crippen LogP contribution in [0.2, 0.25) is 0 Å². The highest BCUT2D eigenvalue weighted by molar-refractivity contribution is 7.99. The van der Waals surface area contributed by atoms with Gasteiger partial charge in [0.2, 0.25) is 5.91 Å². The number of hydrogen-bond donors (Lipinski definition) is 1. The molecule has 1 amide bonds. The van der Waals surface area contributed by atoms with E-state index in [1.807, 2.05) is 48.2 Å². The van der Waals surface area contributed by atoms with Gasteiger partial charge < -0.3 is 5.32 Å². The maximum absolute atomic E-state index is 13.0. The van der Waals surface area contributed by atoms with E-state index in [9.17, 15) is 9.59 Å². The molecule has 25 heavy (non-hydrogen) atoms. The highest BCUT2D eigenvalue weighted by Crippen LogP contribution is 2.26. The molecule has 1 aliphatic heterocycles. The van der Waals surface area contributed by atoms with Crippen LogP contribution in [0.15, 0.2) is 54.6 Å². The molecule has 1 N–H and O–H groups in total. The van der Waals surface area contributed by atoms with Crippen LogP contribution in [-0.2, 0) is 4.79 Å². The van der Waals surface area contributed by atoms with Crippen LogP contribution < -0.4 is 5.32 Å². The monoisotopic (exact) mass is 354 g/mol. The van der Waals surface area contributed by atoms with Crippen molar-refractivity contribution in [1.29, 1.82) is 0 Å². The van der Waals surface area contributed by atoms with Crippen molar-refractivity contribution in [2.45, 2.75) is 13.0 Å². The first kappa shape index (κ1) is 17.7. The Morgan fingerprint density at radius 2 is 1.76 bits per heavy atom. The van der Waals surface area contributed by atoms with Crippen molar-refractivity contribution in [3.63, 3.8) is 0 Å². The summed E-state index contributed by atoms with van der Waals surface area (Å²) in [6, 6.07) is 16.7. The molecule has 4 nitrogen and oxygen atoms in total. The van der Waals surface area contributed by atoms with Crippen LogP contribution >= 0.6 is 11.8 Å². The zero-order valence-electron chi connectivity index (χ0n) is 14.3. The number of benzene rings is 2. The van der Waals surface area contributed by atoms with E-state index < -0.39 is 0 Å². The van der Waals surface area contributed by atoms with Gasteiger partial charge in [-0.3, -0.25) is 14.5 Å². The van der Waals surface area contributed by atoms with Gasteiger partial charge in [-0.15, -0.1) is 0 Å². The molecule has 1 aliphatic rings. The fourth-order valence-corrected chi connectivity index (χ4v) is 3.96. The number of thioether (sulfide) groups is 1. The molecule has 0 saturated carbocycles. The van der Waals surface area contributed by atoms with Crippen molar-refractivity contribution in [3.8, 4) is 0 Å². The summed E-state index contributed by atoms with van der Waals surface area (Å²) in [6.07, 6.45) is 0. The average Bonchev–Trinajstić information content (AvgIpc) is 2.64. The van der Waals surface area contributed by atoms with E-state index in [1.54, 1.807) is 18.2 Å². The molecule has 0 bridgehead atoms. The van der Waals surface area contributed by atoms with Gasteiger partial charge in [0.05, 0.1) is 0 Å². The maximum Gasteiger partial charge on any atom is 0.246 e. The van der Waals surface area contributed by atoms with Crippen LogP contribution in [0, 0.1) is 0 Å².